The average Bonchev–Trinajstić information content (AvgIpc) is 3.24. The molecule has 3 aliphatic rings. The first kappa shape index (κ1) is 16.1. The van der Waals surface area contributed by atoms with Crippen molar-refractivity contribution in [3.8, 4) is 0 Å². The quantitative estimate of drug-likeness (QED) is 0.837. The maximum Gasteiger partial charge on any atom is 0.310 e. The van der Waals surface area contributed by atoms with Crippen molar-refractivity contribution >= 4 is 11.9 Å². The molecule has 0 aliphatic carbocycles. The summed E-state index contributed by atoms with van der Waals surface area (Å²) in [6, 6.07) is 9.37. The molecule has 1 aromatic rings. The Bertz CT molecular complexity index is 758. The molecule has 1 N–H and O–H groups in total. The zero-order valence-corrected chi connectivity index (χ0v) is 14.0. The largest absolute Gasteiger partial charge is 0.481 e. The van der Waals surface area contributed by atoms with E-state index in [1.165, 1.54) is 0 Å². The fourth-order valence-corrected chi connectivity index (χ4v) is 4.77. The van der Waals surface area contributed by atoms with Crippen molar-refractivity contribution in [2.24, 2.45) is 11.8 Å². The van der Waals surface area contributed by atoms with Gasteiger partial charge in [0.1, 0.15) is 11.5 Å². The lowest BCUT2D eigenvalue weighted by Crippen LogP contribution is -2.45. The number of likely N-dealkylation sites (tertiary alicyclic amines) is 1. The van der Waals surface area contributed by atoms with E-state index in [4.69, 9.17) is 4.74 Å². The van der Waals surface area contributed by atoms with Crippen LogP contribution in [0, 0.1) is 11.8 Å². The van der Waals surface area contributed by atoms with Crippen LogP contribution in [0.2, 0.25) is 0 Å². The maximum atomic E-state index is 13.3. The molecule has 0 radical (unpaired) electrons. The fraction of sp³-hybridized carbons (Fsp3) is 0.400. The maximum absolute atomic E-state index is 13.3. The molecule has 2 bridgehead atoms. The van der Waals surface area contributed by atoms with Gasteiger partial charge in [0, 0.05) is 0 Å². The van der Waals surface area contributed by atoms with E-state index in [-0.39, 0.29) is 18.0 Å². The number of carboxylic acids is 1. The Morgan fingerprint density at radius 1 is 1.44 bits per heavy atom. The van der Waals surface area contributed by atoms with E-state index in [0.29, 0.717) is 6.42 Å². The molecule has 0 saturated carbocycles. The van der Waals surface area contributed by atoms with Crippen LogP contribution in [0.25, 0.3) is 0 Å². The molecule has 1 aromatic carbocycles. The Hall–Kier alpha value is -2.40. The fourth-order valence-electron chi connectivity index (χ4n) is 4.77. The molecule has 1 amide bonds. The molecule has 0 aromatic heterocycles. The Kier molecular flexibility index (Phi) is 3.58. The van der Waals surface area contributed by atoms with E-state index in [1.807, 2.05) is 48.2 Å². The number of carbonyl (C=O) groups excluding carboxylic acids is 1. The van der Waals surface area contributed by atoms with Crippen LogP contribution in [-0.2, 0) is 14.3 Å². The van der Waals surface area contributed by atoms with Gasteiger partial charge in [0.2, 0.25) is 5.91 Å². The highest BCUT2D eigenvalue weighted by molar-refractivity contribution is 5.91. The molecular formula is C20H21NO4. The second-order valence-corrected chi connectivity index (χ2v) is 7.01. The van der Waals surface area contributed by atoms with Crippen molar-refractivity contribution in [2.75, 3.05) is 0 Å². The van der Waals surface area contributed by atoms with Crippen LogP contribution in [0.3, 0.4) is 0 Å². The van der Waals surface area contributed by atoms with Crippen LogP contribution in [0.5, 0.6) is 0 Å². The molecule has 4 rings (SSSR count). The van der Waals surface area contributed by atoms with E-state index in [1.54, 1.807) is 12.2 Å². The van der Waals surface area contributed by atoms with Crippen LogP contribution >= 0.6 is 0 Å². The van der Waals surface area contributed by atoms with Gasteiger partial charge in [-0.25, -0.2) is 0 Å². The molecule has 1 spiro atoms. The number of amides is 1. The minimum absolute atomic E-state index is 0.137. The van der Waals surface area contributed by atoms with Crippen molar-refractivity contribution in [3.63, 3.8) is 0 Å². The topological polar surface area (TPSA) is 66.8 Å². The summed E-state index contributed by atoms with van der Waals surface area (Å²) in [4.78, 5) is 26.9. The van der Waals surface area contributed by atoms with Crippen LogP contribution in [0.15, 0.2) is 55.1 Å². The minimum atomic E-state index is -0.971. The number of nitrogens with zero attached hydrogens (tertiary/aromatic N) is 1. The summed E-state index contributed by atoms with van der Waals surface area (Å²) in [5.74, 6) is -2.60. The molecule has 6 atom stereocenters. The summed E-state index contributed by atoms with van der Waals surface area (Å²) in [7, 11) is 0. The van der Waals surface area contributed by atoms with Gasteiger partial charge in [-0.05, 0) is 18.9 Å². The Balaban J connectivity index is 1.78. The number of ether oxygens (including phenoxy) is 1. The molecule has 3 unspecified atom stereocenters. The molecule has 3 heterocycles. The third kappa shape index (κ3) is 2.05. The van der Waals surface area contributed by atoms with Crippen molar-refractivity contribution < 1.29 is 19.4 Å². The smallest absolute Gasteiger partial charge is 0.310 e. The minimum Gasteiger partial charge on any atom is -0.481 e. The van der Waals surface area contributed by atoms with Gasteiger partial charge in [0.05, 0.1) is 24.1 Å². The third-order valence-corrected chi connectivity index (χ3v) is 5.84. The lowest BCUT2D eigenvalue weighted by Gasteiger charge is -2.36. The Morgan fingerprint density at radius 3 is 2.80 bits per heavy atom. The molecule has 5 heteroatoms. The summed E-state index contributed by atoms with van der Waals surface area (Å²) < 4.78 is 6.11. The Morgan fingerprint density at radius 2 is 2.16 bits per heavy atom. The molecule has 130 valence electrons. The van der Waals surface area contributed by atoms with Crippen molar-refractivity contribution in [1.82, 2.24) is 4.90 Å². The lowest BCUT2D eigenvalue weighted by molar-refractivity contribution is -0.149. The van der Waals surface area contributed by atoms with Crippen molar-refractivity contribution in [1.29, 1.82) is 0 Å². The van der Waals surface area contributed by atoms with Crippen LogP contribution in [0.1, 0.15) is 24.9 Å². The summed E-state index contributed by atoms with van der Waals surface area (Å²) in [6.07, 6.45) is 5.52. The predicted octanol–water partition coefficient (Wildman–Crippen LogP) is 2.56. The highest BCUT2D eigenvalue weighted by atomic mass is 16.5. The van der Waals surface area contributed by atoms with Gasteiger partial charge in [0.25, 0.3) is 0 Å². The monoisotopic (exact) mass is 339 g/mol. The van der Waals surface area contributed by atoms with E-state index in [2.05, 4.69) is 6.58 Å². The Labute approximate surface area is 146 Å². The normalized spacial score (nSPS) is 36.5. The number of benzene rings is 1. The molecule has 3 aliphatic heterocycles. The van der Waals surface area contributed by atoms with Crippen LogP contribution in [0.4, 0.5) is 0 Å². The van der Waals surface area contributed by atoms with Gasteiger partial charge in [-0.2, -0.15) is 0 Å². The molecule has 5 nitrogen and oxygen atoms in total. The second kappa shape index (κ2) is 5.56. The van der Waals surface area contributed by atoms with Gasteiger partial charge in [-0.1, -0.05) is 48.6 Å². The second-order valence-electron chi connectivity index (χ2n) is 7.01. The van der Waals surface area contributed by atoms with Gasteiger partial charge in [-0.15, -0.1) is 6.58 Å². The highest BCUT2D eigenvalue weighted by Gasteiger charge is 2.71. The zero-order chi connectivity index (χ0) is 17.8. The number of carbonyl (C=O) groups is 2. The average molecular weight is 339 g/mol. The van der Waals surface area contributed by atoms with Crippen LogP contribution < -0.4 is 0 Å². The molecule has 25 heavy (non-hydrogen) atoms. The van der Waals surface area contributed by atoms with Crippen molar-refractivity contribution in [2.45, 2.75) is 37.1 Å². The number of rotatable bonds is 5. The first-order chi connectivity index (χ1) is 12.0. The SMILES string of the molecule is C=CCC1N(C(C)c2ccccc2)C(=O)[C@@H]2C(C(=O)O)[C@H]3C=C[C@@]12O3. The lowest BCUT2D eigenvalue weighted by atomic mass is 9.74. The van der Waals surface area contributed by atoms with Crippen LogP contribution in [-0.4, -0.2) is 39.6 Å². The number of carboxylic acid groups (broad SMARTS) is 1. The zero-order valence-electron chi connectivity index (χ0n) is 14.0. The van der Waals surface area contributed by atoms with Gasteiger partial charge in [-0.3, -0.25) is 9.59 Å². The van der Waals surface area contributed by atoms with E-state index in [9.17, 15) is 14.7 Å². The van der Waals surface area contributed by atoms with E-state index >= 15 is 0 Å². The number of aliphatic carboxylic acids is 1. The number of hydrogen-bond acceptors (Lipinski definition) is 3. The van der Waals surface area contributed by atoms with E-state index < -0.39 is 29.5 Å². The standard InChI is InChI=1S/C20H21NO4/c1-3-7-15-20-11-10-14(25-20)16(19(23)24)17(20)18(22)21(15)12(2)13-8-5-4-6-9-13/h3-6,8-12,14-17H,1,7H2,2H3,(H,23,24)/t12?,14-,15?,16?,17+,20-/m1/s1. The van der Waals surface area contributed by atoms with Crippen molar-refractivity contribution in [3.05, 3.63) is 60.7 Å². The molecular weight excluding hydrogens is 318 g/mol. The summed E-state index contributed by atoms with van der Waals surface area (Å²) >= 11 is 0. The number of fused-ring (bicyclic) bond motifs is 1. The van der Waals surface area contributed by atoms with Gasteiger partial charge in [0.15, 0.2) is 0 Å². The molecule has 2 fully saturated rings. The number of hydrogen-bond donors (Lipinski definition) is 1. The third-order valence-electron chi connectivity index (χ3n) is 5.84. The molecule has 2 saturated heterocycles. The van der Waals surface area contributed by atoms with Gasteiger partial charge < -0.3 is 14.7 Å². The van der Waals surface area contributed by atoms with E-state index in [0.717, 1.165) is 5.56 Å². The first-order valence-corrected chi connectivity index (χ1v) is 8.59. The summed E-state index contributed by atoms with van der Waals surface area (Å²) in [5, 5.41) is 9.65. The highest BCUT2D eigenvalue weighted by Crippen LogP contribution is 2.57. The van der Waals surface area contributed by atoms with Gasteiger partial charge >= 0.3 is 5.97 Å². The predicted molar refractivity (Wildman–Crippen MR) is 91.7 cm³/mol. The summed E-state index contributed by atoms with van der Waals surface area (Å²) in [6.45, 7) is 5.81. The first-order valence-electron chi connectivity index (χ1n) is 8.59. The summed E-state index contributed by atoms with van der Waals surface area (Å²) in [5.41, 5.74) is 0.161.